The van der Waals surface area contributed by atoms with Gasteiger partial charge in [0.25, 0.3) is 0 Å². The third-order valence-electron chi connectivity index (χ3n) is 2.10. The molecule has 0 aromatic carbocycles. The van der Waals surface area contributed by atoms with Crippen LogP contribution >= 0.6 is 15.9 Å². The van der Waals surface area contributed by atoms with Crippen molar-refractivity contribution in [1.82, 2.24) is 4.98 Å². The van der Waals surface area contributed by atoms with Crippen LogP contribution in [0.1, 0.15) is 12.5 Å². The van der Waals surface area contributed by atoms with Crippen LogP contribution in [0.5, 0.6) is 5.88 Å². The molecule has 0 aliphatic heterocycles. The molecule has 5 nitrogen and oxygen atoms in total. The molecule has 1 aromatic heterocycles. The number of aromatic nitrogens is 1. The SMILES string of the molecule is COC(=O)[C@@H](C)Oc1nc(Br)c(C(F)(F)F)cc1N. The average molecular weight is 343 g/mol. The number of halogens is 4. The lowest BCUT2D eigenvalue weighted by atomic mass is 10.2. The standard InChI is InChI=1S/C10H10BrF3N2O3/c1-4(9(17)18-2)19-8-6(15)3-5(7(11)16-8)10(12,13)14/h3-4H,15H2,1-2H3/t4-/m1/s1. The monoisotopic (exact) mass is 342 g/mol. The van der Waals surface area contributed by atoms with Gasteiger partial charge in [-0.05, 0) is 28.9 Å². The van der Waals surface area contributed by atoms with E-state index in [0.29, 0.717) is 6.07 Å². The maximum Gasteiger partial charge on any atom is 0.419 e. The van der Waals surface area contributed by atoms with Crippen LogP contribution in [-0.4, -0.2) is 24.2 Å². The highest BCUT2D eigenvalue weighted by Crippen LogP contribution is 2.37. The second-order valence-electron chi connectivity index (χ2n) is 3.50. The van der Waals surface area contributed by atoms with Crippen LogP contribution in [0.2, 0.25) is 0 Å². The Bertz CT molecular complexity index is 494. The second kappa shape index (κ2) is 5.64. The first-order chi connectivity index (χ1) is 8.66. The molecule has 0 saturated heterocycles. The van der Waals surface area contributed by atoms with Gasteiger partial charge in [0.1, 0.15) is 4.60 Å². The Labute approximate surface area is 115 Å². The van der Waals surface area contributed by atoms with Gasteiger partial charge >= 0.3 is 12.1 Å². The van der Waals surface area contributed by atoms with E-state index in [1.54, 1.807) is 0 Å². The largest absolute Gasteiger partial charge is 0.466 e. The van der Waals surface area contributed by atoms with Crippen molar-refractivity contribution in [2.24, 2.45) is 0 Å². The summed E-state index contributed by atoms with van der Waals surface area (Å²) in [6.07, 6.45) is -5.63. The van der Waals surface area contributed by atoms with E-state index in [9.17, 15) is 18.0 Å². The first-order valence-corrected chi connectivity index (χ1v) is 5.73. The van der Waals surface area contributed by atoms with Gasteiger partial charge in [-0.2, -0.15) is 13.2 Å². The number of hydrogen-bond acceptors (Lipinski definition) is 5. The molecule has 0 radical (unpaired) electrons. The number of nitrogen functional groups attached to an aromatic ring is 1. The quantitative estimate of drug-likeness (QED) is 0.674. The summed E-state index contributed by atoms with van der Waals surface area (Å²) < 4.78 is 46.7. The number of nitrogens with two attached hydrogens (primary N) is 1. The number of pyridine rings is 1. The van der Waals surface area contributed by atoms with Gasteiger partial charge in [0.2, 0.25) is 5.88 Å². The molecule has 0 amide bonds. The van der Waals surface area contributed by atoms with Crippen molar-refractivity contribution in [2.45, 2.75) is 19.2 Å². The number of nitrogens with zero attached hydrogens (tertiary/aromatic N) is 1. The molecule has 2 N–H and O–H groups in total. The Hall–Kier alpha value is -1.51. The number of hydrogen-bond donors (Lipinski definition) is 1. The summed E-state index contributed by atoms with van der Waals surface area (Å²) in [4.78, 5) is 14.7. The molecule has 106 valence electrons. The molecule has 0 fully saturated rings. The molecular formula is C10H10BrF3N2O3. The molecule has 1 rings (SSSR count). The number of methoxy groups -OCH3 is 1. The Morgan fingerprint density at radius 1 is 1.53 bits per heavy atom. The van der Waals surface area contributed by atoms with Crippen molar-refractivity contribution in [3.8, 4) is 5.88 Å². The minimum Gasteiger partial charge on any atom is -0.466 e. The van der Waals surface area contributed by atoms with Crippen molar-refractivity contribution in [1.29, 1.82) is 0 Å². The lowest BCUT2D eigenvalue weighted by Gasteiger charge is -2.15. The highest BCUT2D eigenvalue weighted by Gasteiger charge is 2.35. The van der Waals surface area contributed by atoms with Crippen LogP contribution < -0.4 is 10.5 Å². The van der Waals surface area contributed by atoms with Gasteiger partial charge in [-0.15, -0.1) is 0 Å². The smallest absolute Gasteiger partial charge is 0.419 e. The van der Waals surface area contributed by atoms with E-state index in [0.717, 1.165) is 7.11 Å². The van der Waals surface area contributed by atoms with Crippen LogP contribution in [0.3, 0.4) is 0 Å². The minimum absolute atomic E-state index is 0.280. The maximum absolute atomic E-state index is 12.6. The summed E-state index contributed by atoms with van der Waals surface area (Å²) in [5.74, 6) is -0.977. The van der Waals surface area contributed by atoms with Crippen LogP contribution in [-0.2, 0) is 15.7 Å². The molecular weight excluding hydrogens is 333 g/mol. The summed E-state index contributed by atoms with van der Waals surface area (Å²) in [7, 11) is 1.15. The van der Waals surface area contributed by atoms with Gasteiger partial charge < -0.3 is 15.2 Å². The molecule has 0 unspecified atom stereocenters. The third kappa shape index (κ3) is 3.72. The van der Waals surface area contributed by atoms with Crippen molar-refractivity contribution >= 4 is 27.6 Å². The maximum atomic E-state index is 12.6. The van der Waals surface area contributed by atoms with Crippen molar-refractivity contribution in [2.75, 3.05) is 12.8 Å². The predicted octanol–water partition coefficient (Wildman–Crippen LogP) is 2.39. The summed E-state index contributed by atoms with van der Waals surface area (Å²) in [6.45, 7) is 1.36. The molecule has 19 heavy (non-hydrogen) atoms. The van der Waals surface area contributed by atoms with E-state index in [1.807, 2.05) is 0 Å². The van der Waals surface area contributed by atoms with Gasteiger partial charge in [0, 0.05) is 0 Å². The third-order valence-corrected chi connectivity index (χ3v) is 2.70. The average Bonchev–Trinajstić information content (AvgIpc) is 2.30. The fourth-order valence-electron chi connectivity index (χ4n) is 1.17. The van der Waals surface area contributed by atoms with E-state index < -0.39 is 28.4 Å². The van der Waals surface area contributed by atoms with Crippen molar-refractivity contribution in [3.05, 3.63) is 16.2 Å². The number of rotatable bonds is 3. The van der Waals surface area contributed by atoms with E-state index in [2.05, 4.69) is 25.7 Å². The molecule has 9 heteroatoms. The fraction of sp³-hybridized carbons (Fsp3) is 0.400. The molecule has 0 saturated carbocycles. The normalized spacial score (nSPS) is 12.9. The Kier molecular flexibility index (Phi) is 4.61. The van der Waals surface area contributed by atoms with Crippen LogP contribution in [0.15, 0.2) is 10.7 Å². The number of anilines is 1. The molecule has 1 heterocycles. The second-order valence-corrected chi connectivity index (χ2v) is 4.25. The lowest BCUT2D eigenvalue weighted by Crippen LogP contribution is -2.26. The van der Waals surface area contributed by atoms with Gasteiger partial charge in [-0.25, -0.2) is 9.78 Å². The van der Waals surface area contributed by atoms with E-state index >= 15 is 0 Å². The summed E-state index contributed by atoms with van der Waals surface area (Å²) in [6, 6.07) is 0.677. The molecule has 0 aliphatic carbocycles. The van der Waals surface area contributed by atoms with Crippen molar-refractivity contribution < 1.29 is 27.4 Å². The first kappa shape index (κ1) is 15.5. The number of ether oxygens (including phenoxy) is 2. The van der Waals surface area contributed by atoms with Gasteiger partial charge in [0.05, 0.1) is 18.4 Å². The predicted molar refractivity (Wildman–Crippen MR) is 63.5 cm³/mol. The van der Waals surface area contributed by atoms with Crippen LogP contribution in [0.4, 0.5) is 18.9 Å². The highest BCUT2D eigenvalue weighted by atomic mass is 79.9. The first-order valence-electron chi connectivity index (χ1n) is 4.94. The molecule has 0 bridgehead atoms. The molecule has 0 aliphatic rings. The fourth-order valence-corrected chi connectivity index (χ4v) is 1.67. The van der Waals surface area contributed by atoms with E-state index in [-0.39, 0.29) is 11.6 Å². The lowest BCUT2D eigenvalue weighted by molar-refractivity contribution is -0.148. The Morgan fingerprint density at radius 3 is 2.58 bits per heavy atom. The number of carbonyl (C=O) groups excluding carboxylic acids is 1. The van der Waals surface area contributed by atoms with Crippen LogP contribution in [0, 0.1) is 0 Å². The van der Waals surface area contributed by atoms with Gasteiger partial charge in [0.15, 0.2) is 6.10 Å². The Morgan fingerprint density at radius 2 is 2.11 bits per heavy atom. The van der Waals surface area contributed by atoms with Crippen molar-refractivity contribution in [3.63, 3.8) is 0 Å². The number of carbonyl (C=O) groups is 1. The Balaban J connectivity index is 3.06. The summed E-state index contributed by atoms with van der Waals surface area (Å²) >= 11 is 2.68. The molecule has 0 spiro atoms. The number of esters is 1. The zero-order valence-electron chi connectivity index (χ0n) is 9.92. The summed E-state index contributed by atoms with van der Waals surface area (Å²) in [5.41, 5.74) is 4.06. The van der Waals surface area contributed by atoms with Gasteiger partial charge in [-0.3, -0.25) is 0 Å². The van der Waals surface area contributed by atoms with Gasteiger partial charge in [-0.1, -0.05) is 0 Å². The van der Waals surface area contributed by atoms with E-state index in [1.165, 1.54) is 6.92 Å². The number of alkyl halides is 3. The zero-order valence-corrected chi connectivity index (χ0v) is 11.5. The highest BCUT2D eigenvalue weighted by molar-refractivity contribution is 9.10. The molecule has 1 aromatic rings. The molecule has 1 atom stereocenters. The minimum atomic E-state index is -4.59. The topological polar surface area (TPSA) is 74.4 Å². The summed E-state index contributed by atoms with van der Waals surface area (Å²) in [5, 5.41) is 0. The van der Waals surface area contributed by atoms with Crippen LogP contribution in [0.25, 0.3) is 0 Å². The zero-order chi connectivity index (χ0) is 14.8. The van der Waals surface area contributed by atoms with E-state index in [4.69, 9.17) is 10.5 Å².